The maximum atomic E-state index is 12.1. The zero-order valence-electron chi connectivity index (χ0n) is 12.3. The van der Waals surface area contributed by atoms with Crippen LogP contribution in [0.15, 0.2) is 23.6 Å². The Morgan fingerprint density at radius 3 is 2.81 bits per heavy atom. The zero-order valence-corrected chi connectivity index (χ0v) is 13.9. The minimum Gasteiger partial charge on any atom is -0.377 e. The fraction of sp³-hybridized carbons (Fsp3) is 0.333. The number of alkyl halides is 1. The molecule has 0 aliphatic carbocycles. The first-order chi connectivity index (χ1) is 9.99. The highest BCUT2D eigenvalue weighted by atomic mass is 35.5. The molecular weight excluding hydrogens is 306 g/mol. The summed E-state index contributed by atoms with van der Waals surface area (Å²) in [5.41, 5.74) is 3.87. The van der Waals surface area contributed by atoms with E-state index in [-0.39, 0.29) is 12.3 Å². The smallest absolute Gasteiger partial charge is 0.231 e. The predicted octanol–water partition coefficient (Wildman–Crippen LogP) is 3.44. The van der Waals surface area contributed by atoms with Gasteiger partial charge in [0.25, 0.3) is 0 Å². The molecule has 1 aromatic carbocycles. The number of hydrogen-bond acceptors (Lipinski definition) is 4. The van der Waals surface area contributed by atoms with Gasteiger partial charge in [-0.25, -0.2) is 4.98 Å². The lowest BCUT2D eigenvalue weighted by molar-refractivity contribution is -0.115. The van der Waals surface area contributed by atoms with Crippen LogP contribution < -0.4 is 10.2 Å². The number of anilines is 2. The van der Waals surface area contributed by atoms with Gasteiger partial charge in [-0.15, -0.1) is 22.9 Å². The van der Waals surface area contributed by atoms with Crippen LogP contribution in [-0.4, -0.2) is 25.0 Å². The molecule has 0 spiro atoms. The lowest BCUT2D eigenvalue weighted by Gasteiger charge is -2.17. The van der Waals surface area contributed by atoms with Crippen LogP contribution in [0.5, 0.6) is 0 Å². The van der Waals surface area contributed by atoms with Crippen LogP contribution in [-0.2, 0) is 17.1 Å². The van der Waals surface area contributed by atoms with Crippen LogP contribution in [0, 0.1) is 6.92 Å². The Hall–Kier alpha value is -1.59. The van der Waals surface area contributed by atoms with Crippen LogP contribution in [0.25, 0.3) is 0 Å². The molecule has 1 N–H and O–H groups in total. The van der Waals surface area contributed by atoms with Crippen molar-refractivity contribution in [1.82, 2.24) is 4.98 Å². The van der Waals surface area contributed by atoms with Crippen molar-refractivity contribution in [1.29, 1.82) is 0 Å². The highest BCUT2D eigenvalue weighted by Gasteiger charge is 2.09. The molecule has 1 aromatic heterocycles. The van der Waals surface area contributed by atoms with Gasteiger partial charge in [0.1, 0.15) is 5.01 Å². The molecule has 0 saturated heterocycles. The number of nitrogens with zero attached hydrogens (tertiary/aromatic N) is 2. The summed E-state index contributed by atoms with van der Waals surface area (Å²) in [7, 11) is 3.97. The van der Waals surface area contributed by atoms with Crippen LogP contribution in [0.1, 0.15) is 16.3 Å². The van der Waals surface area contributed by atoms with E-state index < -0.39 is 0 Å². The largest absolute Gasteiger partial charge is 0.377 e. The molecule has 2 rings (SSSR count). The third-order valence-electron chi connectivity index (χ3n) is 3.02. The van der Waals surface area contributed by atoms with Crippen LogP contribution in [0.2, 0.25) is 0 Å². The molecule has 0 radical (unpaired) electrons. The fourth-order valence-electron chi connectivity index (χ4n) is 2.00. The Kier molecular flexibility index (Phi) is 5.20. The van der Waals surface area contributed by atoms with E-state index in [1.807, 2.05) is 49.5 Å². The number of aryl methyl sites for hydroxylation is 1. The molecule has 1 heterocycles. The van der Waals surface area contributed by atoms with Crippen LogP contribution in [0.4, 0.5) is 11.4 Å². The highest BCUT2D eigenvalue weighted by molar-refractivity contribution is 7.09. The number of benzene rings is 1. The molecule has 1 amide bonds. The second-order valence-corrected chi connectivity index (χ2v) is 6.20. The van der Waals surface area contributed by atoms with Crippen molar-refractivity contribution in [2.75, 3.05) is 24.3 Å². The molecule has 112 valence electrons. The van der Waals surface area contributed by atoms with E-state index in [0.717, 1.165) is 22.1 Å². The van der Waals surface area contributed by atoms with E-state index in [0.29, 0.717) is 5.88 Å². The second kappa shape index (κ2) is 6.91. The first-order valence-corrected chi connectivity index (χ1v) is 7.98. The zero-order chi connectivity index (χ0) is 15.4. The maximum Gasteiger partial charge on any atom is 0.231 e. The molecular formula is C15H18ClN3OS. The number of rotatable bonds is 5. The number of hydrogen-bond donors (Lipinski definition) is 1. The summed E-state index contributed by atoms with van der Waals surface area (Å²) in [6.07, 6.45) is 0.271. The first-order valence-electron chi connectivity index (χ1n) is 6.56. The third-order valence-corrected chi connectivity index (χ3v) is 4.19. The van der Waals surface area contributed by atoms with Gasteiger partial charge in [-0.1, -0.05) is 6.07 Å². The Bertz CT molecular complexity index is 640. The molecule has 4 nitrogen and oxygen atoms in total. The number of amides is 1. The second-order valence-electron chi connectivity index (χ2n) is 4.99. The van der Waals surface area contributed by atoms with Gasteiger partial charge in [-0.05, 0) is 24.6 Å². The molecule has 0 bridgehead atoms. The summed E-state index contributed by atoms with van der Waals surface area (Å²) >= 11 is 7.17. The third kappa shape index (κ3) is 4.19. The van der Waals surface area contributed by atoms with E-state index in [9.17, 15) is 4.79 Å². The van der Waals surface area contributed by atoms with Gasteiger partial charge in [0.05, 0.1) is 18.0 Å². The Morgan fingerprint density at radius 2 is 2.19 bits per heavy atom. The number of carbonyl (C=O) groups is 1. The molecule has 0 atom stereocenters. The number of nitrogens with one attached hydrogen (secondary N) is 1. The normalized spacial score (nSPS) is 10.5. The summed E-state index contributed by atoms with van der Waals surface area (Å²) in [4.78, 5) is 18.4. The molecule has 0 saturated carbocycles. The monoisotopic (exact) mass is 323 g/mol. The predicted molar refractivity (Wildman–Crippen MR) is 89.5 cm³/mol. The minimum absolute atomic E-state index is 0.0703. The average molecular weight is 324 g/mol. The van der Waals surface area contributed by atoms with Crippen molar-refractivity contribution in [3.8, 4) is 0 Å². The van der Waals surface area contributed by atoms with Gasteiger partial charge < -0.3 is 10.2 Å². The topological polar surface area (TPSA) is 45.2 Å². The maximum absolute atomic E-state index is 12.1. The van der Waals surface area contributed by atoms with Gasteiger partial charge in [0.2, 0.25) is 5.91 Å². The van der Waals surface area contributed by atoms with Crippen molar-refractivity contribution in [2.24, 2.45) is 0 Å². The number of thiazole rings is 1. The van der Waals surface area contributed by atoms with Gasteiger partial charge in [-0.3, -0.25) is 4.79 Å². The summed E-state index contributed by atoms with van der Waals surface area (Å²) < 4.78 is 0. The molecule has 0 unspecified atom stereocenters. The summed E-state index contributed by atoms with van der Waals surface area (Å²) in [5, 5.41) is 5.57. The number of halogens is 1. The molecule has 0 fully saturated rings. The van der Waals surface area contributed by atoms with Crippen LogP contribution >= 0.6 is 22.9 Å². The van der Waals surface area contributed by atoms with Crippen molar-refractivity contribution in [3.05, 3.63) is 39.8 Å². The fourth-order valence-corrected chi connectivity index (χ4v) is 3.02. The Balaban J connectivity index is 2.04. The number of carbonyl (C=O) groups excluding carboxylic acids is 1. The molecule has 0 aliphatic heterocycles. The van der Waals surface area contributed by atoms with Gasteiger partial charge in [0, 0.05) is 30.9 Å². The average Bonchev–Trinajstić information content (AvgIpc) is 2.88. The highest BCUT2D eigenvalue weighted by Crippen LogP contribution is 2.22. The van der Waals surface area contributed by atoms with Crippen molar-refractivity contribution in [3.63, 3.8) is 0 Å². The van der Waals surface area contributed by atoms with E-state index in [1.165, 1.54) is 16.9 Å². The Labute approximate surface area is 133 Å². The van der Waals surface area contributed by atoms with Crippen molar-refractivity contribution >= 4 is 40.2 Å². The molecule has 21 heavy (non-hydrogen) atoms. The SMILES string of the molecule is Cc1ccc(NC(=O)Cc2nc(CCl)cs2)cc1N(C)C. The lowest BCUT2D eigenvalue weighted by atomic mass is 10.1. The Morgan fingerprint density at radius 1 is 1.43 bits per heavy atom. The van der Waals surface area contributed by atoms with Crippen molar-refractivity contribution < 1.29 is 4.79 Å². The molecule has 2 aromatic rings. The first kappa shape index (κ1) is 15.8. The summed E-state index contributed by atoms with van der Waals surface area (Å²) in [6.45, 7) is 2.05. The van der Waals surface area contributed by atoms with E-state index in [4.69, 9.17) is 11.6 Å². The minimum atomic E-state index is -0.0703. The standard InChI is InChI=1S/C15H18ClN3OS/c1-10-4-5-11(6-13(10)19(2)3)17-14(20)7-15-18-12(8-16)9-21-15/h4-6,9H,7-8H2,1-3H3,(H,17,20). The van der Waals surface area contributed by atoms with Gasteiger partial charge in [0.15, 0.2) is 0 Å². The molecule has 6 heteroatoms. The lowest BCUT2D eigenvalue weighted by Crippen LogP contribution is -2.15. The van der Waals surface area contributed by atoms with E-state index >= 15 is 0 Å². The van der Waals surface area contributed by atoms with Gasteiger partial charge >= 0.3 is 0 Å². The van der Waals surface area contributed by atoms with Crippen molar-refractivity contribution in [2.45, 2.75) is 19.2 Å². The quantitative estimate of drug-likeness (QED) is 0.857. The molecule has 0 aliphatic rings. The van der Waals surface area contributed by atoms with E-state index in [1.54, 1.807) is 0 Å². The number of aromatic nitrogens is 1. The van der Waals surface area contributed by atoms with Gasteiger partial charge in [-0.2, -0.15) is 0 Å². The summed E-state index contributed by atoms with van der Waals surface area (Å²) in [5.74, 6) is 0.307. The summed E-state index contributed by atoms with van der Waals surface area (Å²) in [6, 6.07) is 5.88. The van der Waals surface area contributed by atoms with Crippen LogP contribution in [0.3, 0.4) is 0 Å². The van der Waals surface area contributed by atoms with E-state index in [2.05, 4.69) is 10.3 Å².